The Balaban J connectivity index is 1.49. The van der Waals surface area contributed by atoms with Gasteiger partial charge in [-0.25, -0.2) is 4.98 Å². The van der Waals surface area contributed by atoms with Crippen molar-refractivity contribution in [1.82, 2.24) is 14.3 Å². The van der Waals surface area contributed by atoms with Gasteiger partial charge in [-0.3, -0.25) is 4.90 Å². The molecule has 0 bridgehead atoms. The van der Waals surface area contributed by atoms with E-state index in [9.17, 15) is 5.11 Å². The van der Waals surface area contributed by atoms with Gasteiger partial charge in [0.25, 0.3) is 0 Å². The predicted molar refractivity (Wildman–Crippen MR) is 97.3 cm³/mol. The summed E-state index contributed by atoms with van der Waals surface area (Å²) in [4.78, 5) is 8.15. The van der Waals surface area contributed by atoms with Crippen LogP contribution in [0.15, 0.2) is 42.0 Å². The molecule has 2 unspecified atom stereocenters. The summed E-state index contributed by atoms with van der Waals surface area (Å²) in [5.41, 5.74) is 3.47. The van der Waals surface area contributed by atoms with Crippen molar-refractivity contribution in [3.63, 3.8) is 0 Å². The number of imidazole rings is 1. The van der Waals surface area contributed by atoms with Crippen LogP contribution < -0.4 is 0 Å². The van der Waals surface area contributed by atoms with Crippen molar-refractivity contribution in [2.45, 2.75) is 44.9 Å². The molecule has 1 N–H and O–H groups in total. The Bertz CT molecular complexity index is 811. The van der Waals surface area contributed by atoms with E-state index in [2.05, 4.69) is 39.5 Å². The van der Waals surface area contributed by atoms with Crippen LogP contribution in [0.2, 0.25) is 0 Å². The van der Waals surface area contributed by atoms with Crippen molar-refractivity contribution in [1.29, 1.82) is 0 Å². The Kier molecular flexibility index (Phi) is 4.39. The maximum Gasteiger partial charge on any atom is 0.139 e. The van der Waals surface area contributed by atoms with Crippen molar-refractivity contribution in [2.75, 3.05) is 6.54 Å². The topological polar surface area (TPSA) is 40.8 Å². The van der Waals surface area contributed by atoms with Crippen molar-refractivity contribution in [3.8, 4) is 0 Å². The van der Waals surface area contributed by atoms with Gasteiger partial charge in [-0.15, -0.1) is 11.3 Å². The quantitative estimate of drug-likeness (QED) is 0.767. The molecule has 4 rings (SSSR count). The maximum atomic E-state index is 10.5. The molecular formula is C19H23N3OS. The van der Waals surface area contributed by atoms with Crippen LogP contribution in [0, 0.1) is 6.92 Å². The molecule has 0 radical (unpaired) electrons. The zero-order valence-corrected chi connectivity index (χ0v) is 14.7. The highest BCUT2D eigenvalue weighted by molar-refractivity contribution is 7.10. The fraction of sp³-hybridized carbons (Fsp3) is 0.421. The number of nitrogens with zero attached hydrogens (tertiary/aromatic N) is 3. The van der Waals surface area contributed by atoms with E-state index in [0.29, 0.717) is 6.04 Å². The lowest BCUT2D eigenvalue weighted by Gasteiger charge is -2.26. The molecule has 1 fully saturated rings. The summed E-state index contributed by atoms with van der Waals surface area (Å²) in [6.45, 7) is 4.09. The second kappa shape index (κ2) is 6.67. The second-order valence-corrected chi connectivity index (χ2v) is 7.65. The van der Waals surface area contributed by atoms with E-state index in [0.717, 1.165) is 36.5 Å². The van der Waals surface area contributed by atoms with Crippen molar-refractivity contribution in [2.24, 2.45) is 0 Å². The monoisotopic (exact) mass is 341 g/mol. The molecule has 4 nitrogen and oxygen atoms in total. The van der Waals surface area contributed by atoms with Crippen molar-refractivity contribution >= 4 is 17.0 Å². The lowest BCUT2D eigenvalue weighted by Crippen LogP contribution is -2.30. The van der Waals surface area contributed by atoms with E-state index >= 15 is 0 Å². The van der Waals surface area contributed by atoms with Crippen molar-refractivity contribution in [3.05, 3.63) is 58.2 Å². The third-order valence-electron chi connectivity index (χ3n) is 5.04. The maximum absolute atomic E-state index is 10.5. The molecule has 1 saturated heterocycles. The molecule has 2 atom stereocenters. The minimum absolute atomic E-state index is 0.347. The zero-order chi connectivity index (χ0) is 16.5. The number of rotatable bonds is 5. The van der Waals surface area contributed by atoms with Crippen LogP contribution in [0.3, 0.4) is 0 Å². The average Bonchev–Trinajstić information content (AvgIpc) is 3.30. The fourth-order valence-electron chi connectivity index (χ4n) is 3.75. The summed E-state index contributed by atoms with van der Waals surface area (Å²) in [6, 6.07) is 8.66. The van der Waals surface area contributed by atoms with Gasteiger partial charge in [0.1, 0.15) is 5.65 Å². The highest BCUT2D eigenvalue weighted by Crippen LogP contribution is 2.30. The normalized spacial score (nSPS) is 20.0. The molecule has 0 amide bonds. The lowest BCUT2D eigenvalue weighted by atomic mass is 10.1. The highest BCUT2D eigenvalue weighted by Gasteiger charge is 2.28. The van der Waals surface area contributed by atoms with Gasteiger partial charge in [-0.1, -0.05) is 12.1 Å². The van der Waals surface area contributed by atoms with E-state index in [1.54, 1.807) is 11.3 Å². The number of hydrogen-bond donors (Lipinski definition) is 1. The van der Waals surface area contributed by atoms with Crippen LogP contribution in [0.25, 0.3) is 5.65 Å². The number of aromatic nitrogens is 2. The zero-order valence-electron chi connectivity index (χ0n) is 13.9. The molecule has 3 aromatic rings. The third-order valence-corrected chi connectivity index (χ3v) is 6.01. The largest absolute Gasteiger partial charge is 0.388 e. The SMILES string of the molecule is Cc1cccn2c(CN3CCCC3CC(O)c3cccs3)cnc12. The van der Waals surface area contributed by atoms with Gasteiger partial charge < -0.3 is 9.51 Å². The van der Waals surface area contributed by atoms with E-state index in [-0.39, 0.29) is 6.10 Å². The van der Waals surface area contributed by atoms with Crippen LogP contribution in [-0.4, -0.2) is 32.0 Å². The molecule has 0 aromatic carbocycles. The summed E-state index contributed by atoms with van der Waals surface area (Å²) in [6.07, 6.45) is 6.93. The molecule has 0 saturated carbocycles. The minimum Gasteiger partial charge on any atom is -0.388 e. The van der Waals surface area contributed by atoms with Crippen LogP contribution in [-0.2, 0) is 6.54 Å². The molecule has 126 valence electrons. The predicted octanol–water partition coefficient (Wildman–Crippen LogP) is 3.79. The first-order chi connectivity index (χ1) is 11.7. The summed E-state index contributed by atoms with van der Waals surface area (Å²) in [5, 5.41) is 12.5. The standard InChI is InChI=1S/C19H23N3OS/c1-14-5-2-9-22-16(12-20-19(14)22)13-21-8-3-6-15(21)11-17(23)18-7-4-10-24-18/h2,4-5,7,9-10,12,15,17,23H,3,6,8,11,13H2,1H3. The first-order valence-electron chi connectivity index (χ1n) is 8.59. The van der Waals surface area contributed by atoms with Gasteiger partial charge in [0.15, 0.2) is 0 Å². The summed E-state index contributed by atoms with van der Waals surface area (Å²) >= 11 is 1.64. The molecule has 5 heteroatoms. The smallest absolute Gasteiger partial charge is 0.139 e. The molecule has 1 aliphatic heterocycles. The first kappa shape index (κ1) is 15.8. The number of thiophene rings is 1. The van der Waals surface area contributed by atoms with Crippen LogP contribution in [0.4, 0.5) is 0 Å². The number of aliphatic hydroxyl groups is 1. The van der Waals surface area contributed by atoms with E-state index in [4.69, 9.17) is 0 Å². The Hall–Kier alpha value is -1.69. The summed E-state index contributed by atoms with van der Waals surface area (Å²) < 4.78 is 2.19. The molecule has 24 heavy (non-hydrogen) atoms. The van der Waals surface area contributed by atoms with E-state index in [1.807, 2.05) is 23.7 Å². The third kappa shape index (κ3) is 2.99. The molecule has 4 heterocycles. The van der Waals surface area contributed by atoms with E-state index in [1.165, 1.54) is 17.7 Å². The molecular weight excluding hydrogens is 318 g/mol. The Labute approximate surface area is 146 Å². The van der Waals surface area contributed by atoms with Crippen LogP contribution >= 0.6 is 11.3 Å². The molecule has 3 aromatic heterocycles. The average molecular weight is 341 g/mol. The van der Waals surface area contributed by atoms with E-state index < -0.39 is 0 Å². The van der Waals surface area contributed by atoms with Crippen LogP contribution in [0.5, 0.6) is 0 Å². The number of aliphatic hydroxyl groups excluding tert-OH is 1. The van der Waals surface area contributed by atoms with Crippen LogP contribution in [0.1, 0.15) is 41.5 Å². The first-order valence-corrected chi connectivity index (χ1v) is 9.47. The van der Waals surface area contributed by atoms with Gasteiger partial charge in [-0.05, 0) is 55.8 Å². The molecule has 0 spiro atoms. The van der Waals surface area contributed by atoms with Gasteiger partial charge in [0, 0.05) is 23.7 Å². The minimum atomic E-state index is -0.347. The fourth-order valence-corrected chi connectivity index (χ4v) is 4.48. The second-order valence-electron chi connectivity index (χ2n) is 6.67. The number of aryl methyl sites for hydroxylation is 1. The van der Waals surface area contributed by atoms with Gasteiger partial charge in [0.2, 0.25) is 0 Å². The molecule has 0 aliphatic carbocycles. The number of fused-ring (bicyclic) bond motifs is 1. The number of pyridine rings is 1. The number of hydrogen-bond acceptors (Lipinski definition) is 4. The summed E-state index contributed by atoms with van der Waals surface area (Å²) in [5.74, 6) is 0. The molecule has 1 aliphatic rings. The number of likely N-dealkylation sites (tertiary alicyclic amines) is 1. The lowest BCUT2D eigenvalue weighted by molar-refractivity contribution is 0.120. The Morgan fingerprint density at radius 3 is 3.12 bits per heavy atom. The Morgan fingerprint density at radius 1 is 1.38 bits per heavy atom. The Morgan fingerprint density at radius 2 is 2.29 bits per heavy atom. The van der Waals surface area contributed by atoms with Crippen molar-refractivity contribution < 1.29 is 5.11 Å². The van der Waals surface area contributed by atoms with Gasteiger partial charge in [-0.2, -0.15) is 0 Å². The summed E-state index contributed by atoms with van der Waals surface area (Å²) in [7, 11) is 0. The van der Waals surface area contributed by atoms with Gasteiger partial charge in [0.05, 0.1) is 18.0 Å². The van der Waals surface area contributed by atoms with Gasteiger partial charge >= 0.3 is 0 Å². The highest BCUT2D eigenvalue weighted by atomic mass is 32.1.